The maximum absolute atomic E-state index is 6.66. The van der Waals surface area contributed by atoms with Gasteiger partial charge in [0, 0.05) is 38.4 Å². The van der Waals surface area contributed by atoms with Crippen LogP contribution in [-0.4, -0.2) is 24.1 Å². The zero-order valence-corrected chi connectivity index (χ0v) is 39.5. The molecule has 0 N–H and O–H groups in total. The molecule has 0 amide bonds. The molecule has 0 unspecified atom stereocenters. The quantitative estimate of drug-likeness (QED) is 0.160. The van der Waals surface area contributed by atoms with Crippen LogP contribution < -0.4 is 0 Å². The number of hydrogen-bond donors (Lipinski definition) is 0. The van der Waals surface area contributed by atoms with Crippen molar-refractivity contribution in [2.75, 3.05) is 0 Å². The number of imidazole rings is 1. The van der Waals surface area contributed by atoms with E-state index >= 15 is 0 Å². The van der Waals surface area contributed by atoms with Crippen molar-refractivity contribution in [3.63, 3.8) is 0 Å². The average Bonchev–Trinajstić information content (AvgIpc) is 4.01. The van der Waals surface area contributed by atoms with Crippen LogP contribution >= 0.6 is 0 Å². The van der Waals surface area contributed by atoms with Gasteiger partial charge in [-0.15, -0.1) is 0 Å². The molecule has 6 aromatic carbocycles. The minimum Gasteiger partial charge on any atom is -0.437 e. The molecule has 0 bridgehead atoms. The van der Waals surface area contributed by atoms with E-state index in [1.807, 2.05) is 6.92 Å². The van der Waals surface area contributed by atoms with Gasteiger partial charge in [0.25, 0.3) is 0 Å². The molecule has 11 aromatic rings. The Labute approximate surface area is 392 Å². The van der Waals surface area contributed by atoms with Crippen molar-refractivity contribution in [2.45, 2.75) is 86.0 Å². The summed E-state index contributed by atoms with van der Waals surface area (Å²) in [4.78, 5) is 16.3. The van der Waals surface area contributed by atoms with Crippen LogP contribution in [0.4, 0.5) is 0 Å². The zero-order valence-electron chi connectivity index (χ0n) is 39.5. The third kappa shape index (κ3) is 6.71. The fraction of sp³-hybridized carbons (Fsp3) is 0.230. The number of benzene rings is 6. The first-order valence-electron chi connectivity index (χ1n) is 24.0. The topological polar surface area (TPSA) is 61.7 Å². The predicted octanol–water partition coefficient (Wildman–Crippen LogP) is 16.5. The number of aromatic nitrogens is 5. The van der Waals surface area contributed by atoms with Crippen molar-refractivity contribution >= 4 is 54.9 Å². The molecule has 1 fully saturated rings. The van der Waals surface area contributed by atoms with Crippen LogP contribution in [0.5, 0.6) is 0 Å². The summed E-state index contributed by atoms with van der Waals surface area (Å²) in [6.45, 7) is 15.9. The van der Waals surface area contributed by atoms with Crippen molar-refractivity contribution in [3.05, 3.63) is 174 Å². The molecule has 1 saturated carbocycles. The maximum atomic E-state index is 6.66. The van der Waals surface area contributed by atoms with E-state index in [9.17, 15) is 0 Å². The average molecular weight is 874 g/mol. The predicted molar refractivity (Wildman–Crippen MR) is 278 cm³/mol. The van der Waals surface area contributed by atoms with E-state index in [0.717, 1.165) is 89.4 Å². The molecule has 0 aliphatic heterocycles. The number of rotatable bonds is 7. The van der Waals surface area contributed by atoms with Gasteiger partial charge in [-0.2, -0.15) is 0 Å². The second kappa shape index (κ2) is 15.7. The fourth-order valence-corrected chi connectivity index (χ4v) is 11.2. The molecule has 330 valence electrons. The second-order valence-electron chi connectivity index (χ2n) is 20.1. The van der Waals surface area contributed by atoms with Crippen molar-refractivity contribution in [1.29, 1.82) is 0 Å². The highest BCUT2D eigenvalue weighted by Gasteiger charge is 2.29. The molecule has 6 nitrogen and oxygen atoms in total. The Hall–Kier alpha value is -7.31. The Balaban J connectivity index is 1.13. The largest absolute Gasteiger partial charge is 0.437 e. The third-order valence-corrected chi connectivity index (χ3v) is 14.9. The molecular weight excluding hydrogens is 819 g/mol. The summed E-state index contributed by atoms with van der Waals surface area (Å²) in [7, 11) is 0. The van der Waals surface area contributed by atoms with E-state index < -0.39 is 0 Å². The van der Waals surface area contributed by atoms with Gasteiger partial charge in [-0.1, -0.05) is 131 Å². The van der Waals surface area contributed by atoms with E-state index in [4.69, 9.17) is 19.4 Å². The van der Waals surface area contributed by atoms with Crippen molar-refractivity contribution in [2.24, 2.45) is 5.41 Å². The van der Waals surface area contributed by atoms with Crippen LogP contribution in [0.3, 0.4) is 0 Å². The Morgan fingerprint density at radius 1 is 0.597 bits per heavy atom. The first-order valence-corrected chi connectivity index (χ1v) is 24.0. The standard InChI is InChI=1S/C61H55N5O/c1-36(2)43-18-12-15-37(3)57(43)66-54-24-14-21-49(56(54)64-60(66)65-52-22-10-8-16-44(52)45-17-9-11-23-53(45)65)55-39(5)50(42-28-26-40(27-29-42)41-31-33-61(6,7)34-32-41)35-51(63-55)48-20-13-19-46-47-30-25-38(4)62-59(47)67-58(46)48/h8-30,35-36,41H,31-34H2,1-7H3. The van der Waals surface area contributed by atoms with E-state index in [1.165, 1.54) is 58.7 Å². The van der Waals surface area contributed by atoms with Gasteiger partial charge in [0.05, 0.1) is 33.6 Å². The van der Waals surface area contributed by atoms with E-state index in [1.54, 1.807) is 0 Å². The Bertz CT molecular complexity index is 3690. The minimum atomic E-state index is 0.279. The highest BCUT2D eigenvalue weighted by molar-refractivity contribution is 6.10. The summed E-state index contributed by atoms with van der Waals surface area (Å²) in [5, 5.41) is 4.43. The number of para-hydroxylation sites is 5. The fourth-order valence-electron chi connectivity index (χ4n) is 11.2. The van der Waals surface area contributed by atoms with Crippen LogP contribution in [0, 0.1) is 26.2 Å². The number of hydrogen-bond acceptors (Lipinski definition) is 4. The normalized spacial score (nSPS) is 14.4. The van der Waals surface area contributed by atoms with Gasteiger partial charge in [-0.05, 0) is 140 Å². The first kappa shape index (κ1) is 41.1. The first-order chi connectivity index (χ1) is 32.5. The van der Waals surface area contributed by atoms with E-state index in [2.05, 4.69) is 196 Å². The van der Waals surface area contributed by atoms with Crippen LogP contribution in [0.25, 0.3) is 100 Å². The lowest BCUT2D eigenvalue weighted by molar-refractivity contribution is 0.224. The van der Waals surface area contributed by atoms with E-state index in [-0.39, 0.29) is 5.92 Å². The number of furan rings is 1. The molecule has 0 atom stereocenters. The van der Waals surface area contributed by atoms with Gasteiger partial charge in [-0.25, -0.2) is 15.0 Å². The lowest BCUT2D eigenvalue weighted by Crippen LogP contribution is -2.20. The summed E-state index contributed by atoms with van der Waals surface area (Å²) in [6, 6.07) is 52.9. The molecule has 6 heteroatoms. The summed E-state index contributed by atoms with van der Waals surface area (Å²) >= 11 is 0. The smallest absolute Gasteiger partial charge is 0.227 e. The molecule has 0 spiro atoms. The van der Waals surface area contributed by atoms with E-state index in [0.29, 0.717) is 17.0 Å². The number of aryl methyl sites for hydroxylation is 2. The van der Waals surface area contributed by atoms with Crippen LogP contribution in [0.2, 0.25) is 0 Å². The number of nitrogens with zero attached hydrogens (tertiary/aromatic N) is 5. The number of fused-ring (bicyclic) bond motifs is 7. The summed E-state index contributed by atoms with van der Waals surface area (Å²) in [6.07, 6.45) is 5.00. The second-order valence-corrected chi connectivity index (χ2v) is 20.1. The van der Waals surface area contributed by atoms with Crippen LogP contribution in [-0.2, 0) is 0 Å². The van der Waals surface area contributed by atoms with Gasteiger partial charge < -0.3 is 4.42 Å². The SMILES string of the molecule is Cc1ccc2c(n1)oc1c(-c3cc(-c4ccc(C5CCC(C)(C)CC5)cc4)c(C)c(-c4cccc5c4nc(-n4c6ccccc6c6ccccc64)n5-c4c(C)cccc4C(C)C)n3)cccc12. The van der Waals surface area contributed by atoms with Crippen LogP contribution in [0.1, 0.15) is 93.2 Å². The van der Waals surface area contributed by atoms with Crippen molar-refractivity contribution in [1.82, 2.24) is 24.1 Å². The highest BCUT2D eigenvalue weighted by atomic mass is 16.3. The van der Waals surface area contributed by atoms with Crippen LogP contribution in [0.15, 0.2) is 150 Å². The molecular formula is C61H55N5O. The Kier molecular flexibility index (Phi) is 9.62. The molecule has 0 saturated heterocycles. The van der Waals surface area contributed by atoms with Gasteiger partial charge in [-0.3, -0.25) is 9.13 Å². The minimum absolute atomic E-state index is 0.279. The Morgan fingerprint density at radius 2 is 1.25 bits per heavy atom. The van der Waals surface area contributed by atoms with Crippen molar-refractivity contribution < 1.29 is 4.42 Å². The Morgan fingerprint density at radius 3 is 1.99 bits per heavy atom. The molecule has 1 aliphatic rings. The number of pyridine rings is 2. The monoisotopic (exact) mass is 873 g/mol. The van der Waals surface area contributed by atoms with Crippen molar-refractivity contribution in [3.8, 4) is 45.3 Å². The molecule has 12 rings (SSSR count). The summed E-state index contributed by atoms with van der Waals surface area (Å²) in [5.41, 5.74) is 19.1. The van der Waals surface area contributed by atoms with Gasteiger partial charge in [0.15, 0.2) is 0 Å². The maximum Gasteiger partial charge on any atom is 0.227 e. The summed E-state index contributed by atoms with van der Waals surface area (Å²) < 4.78 is 11.4. The third-order valence-electron chi connectivity index (χ3n) is 14.9. The zero-order chi connectivity index (χ0) is 45.7. The summed E-state index contributed by atoms with van der Waals surface area (Å²) in [5.74, 6) is 1.72. The lowest BCUT2D eigenvalue weighted by atomic mass is 9.71. The molecule has 0 radical (unpaired) electrons. The van der Waals surface area contributed by atoms with Gasteiger partial charge in [0.2, 0.25) is 11.7 Å². The van der Waals surface area contributed by atoms with Gasteiger partial charge >= 0.3 is 0 Å². The molecule has 67 heavy (non-hydrogen) atoms. The molecule has 5 aromatic heterocycles. The molecule has 1 aliphatic carbocycles. The van der Waals surface area contributed by atoms with Gasteiger partial charge in [0.1, 0.15) is 11.1 Å². The molecule has 5 heterocycles. The lowest BCUT2D eigenvalue weighted by Gasteiger charge is -2.34. The highest BCUT2D eigenvalue weighted by Crippen LogP contribution is 2.45.